The van der Waals surface area contributed by atoms with E-state index in [2.05, 4.69) is 65.6 Å². The molecule has 0 saturated carbocycles. The minimum atomic E-state index is 0.0552. The van der Waals surface area contributed by atoms with E-state index in [0.29, 0.717) is 21.8 Å². The number of hydrogen-bond donors (Lipinski definition) is 1. The van der Waals surface area contributed by atoms with E-state index >= 15 is 0 Å². The summed E-state index contributed by atoms with van der Waals surface area (Å²) in [4.78, 5) is 24.3. The van der Waals surface area contributed by atoms with Gasteiger partial charge in [-0.15, -0.1) is 23.1 Å². The van der Waals surface area contributed by atoms with Gasteiger partial charge in [-0.2, -0.15) is 0 Å². The number of benzene rings is 3. The van der Waals surface area contributed by atoms with Gasteiger partial charge in [-0.25, -0.2) is 9.97 Å². The summed E-state index contributed by atoms with van der Waals surface area (Å²) in [5.41, 5.74) is 11.1. The molecule has 2 atom stereocenters. The van der Waals surface area contributed by atoms with Crippen molar-refractivity contribution < 1.29 is 4.79 Å². The number of fused-ring (bicyclic) bond motifs is 3. The molecule has 178 valence electrons. The Bertz CT molecular complexity index is 1520. The third-order valence-corrected chi connectivity index (χ3v) is 10.1. The number of nitrogens with two attached hydrogens (primary N) is 1. The fourth-order valence-corrected chi connectivity index (χ4v) is 8.40. The number of ketones is 1. The average Bonchev–Trinajstić information content (AvgIpc) is 3.31. The number of thioether (sulfide) groups is 2. The Labute approximate surface area is 222 Å². The standard InChI is InChI=1S/C29H23N3OS3/c30-27-24-21-16-23(19-12-6-2-7-13-19)35-25(20-14-8-3-9-15-20)26(21)36-28(24)32-29(31-27)34-17-22(33)18-10-4-1-5-11-18/h1-15,23,25H,16-17H2,(H2,30,31,32). The van der Waals surface area contributed by atoms with Gasteiger partial charge in [0.15, 0.2) is 10.9 Å². The second-order valence-electron chi connectivity index (χ2n) is 8.62. The third kappa shape index (κ3) is 4.54. The molecule has 3 heterocycles. The molecule has 36 heavy (non-hydrogen) atoms. The van der Waals surface area contributed by atoms with Crippen molar-refractivity contribution >= 4 is 56.7 Å². The van der Waals surface area contributed by atoms with Crippen LogP contribution in [0.1, 0.15) is 42.4 Å². The first kappa shape index (κ1) is 23.3. The zero-order valence-corrected chi connectivity index (χ0v) is 21.8. The van der Waals surface area contributed by atoms with Crippen molar-refractivity contribution in [2.45, 2.75) is 22.1 Å². The number of carbonyl (C=O) groups is 1. The summed E-state index contributed by atoms with van der Waals surface area (Å²) in [5.74, 6) is 0.829. The van der Waals surface area contributed by atoms with Crippen LogP contribution < -0.4 is 5.73 Å². The molecule has 5 aromatic rings. The van der Waals surface area contributed by atoms with Crippen molar-refractivity contribution in [3.63, 3.8) is 0 Å². The second kappa shape index (κ2) is 10.1. The summed E-state index contributed by atoms with van der Waals surface area (Å²) in [6.45, 7) is 0. The third-order valence-electron chi connectivity index (χ3n) is 6.32. The number of rotatable bonds is 6. The molecule has 1 aliphatic rings. The largest absolute Gasteiger partial charge is 0.383 e. The van der Waals surface area contributed by atoms with Gasteiger partial charge in [0.05, 0.1) is 16.4 Å². The smallest absolute Gasteiger partial charge is 0.191 e. The molecule has 0 fully saturated rings. The molecule has 0 saturated heterocycles. The van der Waals surface area contributed by atoms with E-state index in [1.165, 1.54) is 33.3 Å². The van der Waals surface area contributed by atoms with E-state index in [-0.39, 0.29) is 16.8 Å². The Morgan fingerprint density at radius 3 is 2.22 bits per heavy atom. The molecule has 0 aliphatic carbocycles. The number of anilines is 1. The molecule has 0 amide bonds. The minimum absolute atomic E-state index is 0.0552. The normalized spacial score (nSPS) is 17.1. The van der Waals surface area contributed by atoms with Crippen LogP contribution in [0.4, 0.5) is 5.82 Å². The molecule has 3 aromatic carbocycles. The molecule has 0 bridgehead atoms. The molecule has 6 rings (SSSR count). The maximum atomic E-state index is 12.6. The fourth-order valence-electron chi connectivity index (χ4n) is 4.58. The van der Waals surface area contributed by atoms with Crippen molar-refractivity contribution in [2.24, 2.45) is 0 Å². The number of nitrogens with zero attached hydrogens (tertiary/aromatic N) is 2. The fraction of sp³-hybridized carbons (Fsp3) is 0.138. The van der Waals surface area contributed by atoms with Crippen LogP contribution in [0, 0.1) is 0 Å². The number of nitrogen functional groups attached to an aromatic ring is 1. The lowest BCUT2D eigenvalue weighted by Gasteiger charge is -2.30. The van der Waals surface area contributed by atoms with E-state index in [4.69, 9.17) is 10.7 Å². The monoisotopic (exact) mass is 525 g/mol. The van der Waals surface area contributed by atoms with Crippen LogP contribution in [0.25, 0.3) is 10.2 Å². The number of aromatic nitrogens is 2. The maximum Gasteiger partial charge on any atom is 0.191 e. The molecule has 2 N–H and O–H groups in total. The Hall–Kier alpha value is -3.13. The summed E-state index contributed by atoms with van der Waals surface area (Å²) in [7, 11) is 0. The average molecular weight is 526 g/mol. The van der Waals surface area contributed by atoms with Crippen molar-refractivity contribution in [2.75, 3.05) is 11.5 Å². The SMILES string of the molecule is Nc1nc(SCC(=O)c2ccccc2)nc2sc3c(c12)CC(c1ccccc1)SC3c1ccccc1. The molecule has 0 radical (unpaired) electrons. The lowest BCUT2D eigenvalue weighted by Crippen LogP contribution is -2.12. The summed E-state index contributed by atoms with van der Waals surface area (Å²) in [6, 6.07) is 30.7. The molecule has 7 heteroatoms. The molecule has 0 spiro atoms. The molecule has 4 nitrogen and oxygen atoms in total. The van der Waals surface area contributed by atoms with Crippen LogP contribution >= 0.6 is 34.9 Å². The van der Waals surface area contributed by atoms with Gasteiger partial charge in [-0.3, -0.25) is 4.79 Å². The maximum absolute atomic E-state index is 12.6. The van der Waals surface area contributed by atoms with Crippen molar-refractivity contribution in [1.29, 1.82) is 0 Å². The van der Waals surface area contributed by atoms with Gasteiger partial charge in [0.1, 0.15) is 10.6 Å². The first-order valence-corrected chi connectivity index (χ1v) is 14.5. The van der Waals surface area contributed by atoms with Gasteiger partial charge in [0, 0.05) is 15.7 Å². The van der Waals surface area contributed by atoms with Crippen LogP contribution in [0.15, 0.2) is 96.2 Å². The van der Waals surface area contributed by atoms with Crippen LogP contribution in [0.5, 0.6) is 0 Å². The predicted molar refractivity (Wildman–Crippen MR) is 152 cm³/mol. The zero-order chi connectivity index (χ0) is 24.5. The van der Waals surface area contributed by atoms with E-state index in [1.807, 2.05) is 42.1 Å². The Morgan fingerprint density at radius 2 is 1.53 bits per heavy atom. The van der Waals surface area contributed by atoms with Crippen LogP contribution in [0.3, 0.4) is 0 Å². The van der Waals surface area contributed by atoms with Crippen LogP contribution in [0.2, 0.25) is 0 Å². The van der Waals surface area contributed by atoms with E-state index < -0.39 is 0 Å². The van der Waals surface area contributed by atoms with Crippen LogP contribution in [-0.4, -0.2) is 21.5 Å². The number of thiophene rings is 1. The highest BCUT2D eigenvalue weighted by Gasteiger charge is 2.34. The molecule has 2 unspecified atom stereocenters. The molecule has 2 aromatic heterocycles. The summed E-state index contributed by atoms with van der Waals surface area (Å²) < 4.78 is 0. The Kier molecular flexibility index (Phi) is 6.52. The van der Waals surface area contributed by atoms with Gasteiger partial charge in [-0.1, -0.05) is 103 Å². The van der Waals surface area contributed by atoms with Crippen molar-refractivity contribution in [1.82, 2.24) is 9.97 Å². The summed E-state index contributed by atoms with van der Waals surface area (Å²) >= 11 is 5.04. The highest BCUT2D eigenvalue weighted by Crippen LogP contribution is 2.55. The van der Waals surface area contributed by atoms with Gasteiger partial charge >= 0.3 is 0 Å². The molecular weight excluding hydrogens is 503 g/mol. The molecule has 1 aliphatic heterocycles. The predicted octanol–water partition coefficient (Wildman–Crippen LogP) is 7.37. The summed E-state index contributed by atoms with van der Waals surface area (Å²) in [6.07, 6.45) is 0.889. The Balaban J connectivity index is 1.37. The van der Waals surface area contributed by atoms with Gasteiger partial charge in [0.25, 0.3) is 0 Å². The van der Waals surface area contributed by atoms with Gasteiger partial charge in [0.2, 0.25) is 0 Å². The van der Waals surface area contributed by atoms with Gasteiger partial charge < -0.3 is 5.73 Å². The number of carbonyl (C=O) groups excluding carboxylic acids is 1. The van der Waals surface area contributed by atoms with Crippen molar-refractivity contribution in [3.8, 4) is 0 Å². The first-order valence-electron chi connectivity index (χ1n) is 11.7. The summed E-state index contributed by atoms with van der Waals surface area (Å²) in [5, 5.41) is 2.04. The number of hydrogen-bond acceptors (Lipinski definition) is 7. The van der Waals surface area contributed by atoms with Gasteiger partial charge in [-0.05, 0) is 23.1 Å². The minimum Gasteiger partial charge on any atom is -0.383 e. The number of Topliss-reactive ketones (excluding diaryl/α,β-unsaturated/α-hetero) is 1. The highest BCUT2D eigenvalue weighted by molar-refractivity contribution is 8.00. The lowest BCUT2D eigenvalue weighted by molar-refractivity contribution is 0.102. The van der Waals surface area contributed by atoms with E-state index in [1.54, 1.807) is 11.3 Å². The topological polar surface area (TPSA) is 68.9 Å². The van der Waals surface area contributed by atoms with Crippen molar-refractivity contribution in [3.05, 3.63) is 118 Å². The Morgan fingerprint density at radius 1 is 0.889 bits per heavy atom. The van der Waals surface area contributed by atoms with E-state index in [0.717, 1.165) is 16.6 Å². The quantitative estimate of drug-likeness (QED) is 0.142. The highest BCUT2D eigenvalue weighted by atomic mass is 32.2. The zero-order valence-electron chi connectivity index (χ0n) is 19.3. The second-order valence-corrected chi connectivity index (χ2v) is 11.9. The van der Waals surface area contributed by atoms with E-state index in [9.17, 15) is 4.79 Å². The molecular formula is C29H23N3OS3. The van der Waals surface area contributed by atoms with Crippen LogP contribution in [-0.2, 0) is 6.42 Å². The first-order chi connectivity index (χ1) is 17.7. The lowest BCUT2D eigenvalue weighted by atomic mass is 9.98.